The summed E-state index contributed by atoms with van der Waals surface area (Å²) in [5.41, 5.74) is -0.0954. The minimum absolute atomic E-state index is 0.0613. The van der Waals surface area contributed by atoms with Crippen LogP contribution in [-0.4, -0.2) is 42.2 Å². The van der Waals surface area contributed by atoms with Crippen molar-refractivity contribution in [2.45, 2.75) is 11.7 Å². The van der Waals surface area contributed by atoms with Crippen molar-refractivity contribution in [3.63, 3.8) is 0 Å². The van der Waals surface area contributed by atoms with Crippen molar-refractivity contribution in [1.82, 2.24) is 4.98 Å². The molecule has 1 saturated heterocycles. The van der Waals surface area contributed by atoms with E-state index >= 15 is 0 Å². The molecule has 1 aromatic rings. The van der Waals surface area contributed by atoms with Crippen LogP contribution in [0.3, 0.4) is 0 Å². The van der Waals surface area contributed by atoms with Crippen LogP contribution in [-0.2, 0) is 15.0 Å². The van der Waals surface area contributed by atoms with Crippen LogP contribution in [0, 0.1) is 0 Å². The Morgan fingerprint density at radius 2 is 2.20 bits per heavy atom. The third kappa shape index (κ3) is 2.80. The molecule has 1 aromatic heterocycles. The molecule has 0 aliphatic carbocycles. The highest BCUT2D eigenvalue weighted by Crippen LogP contribution is 2.30. The number of pyridine rings is 1. The predicted molar refractivity (Wildman–Crippen MR) is 69.7 cm³/mol. The van der Waals surface area contributed by atoms with Gasteiger partial charge in [0.15, 0.2) is 0 Å². The van der Waals surface area contributed by atoms with Crippen LogP contribution in [0.15, 0.2) is 16.7 Å². The highest BCUT2D eigenvalue weighted by atomic mass is 79.9. The fraction of sp³-hybridized carbons (Fsp3) is 0.300. The van der Waals surface area contributed by atoms with Crippen molar-refractivity contribution in [3.8, 4) is 0 Å². The van der Waals surface area contributed by atoms with Crippen molar-refractivity contribution in [1.29, 1.82) is 0 Å². The second-order valence-electron chi connectivity index (χ2n) is 4.14. The molecule has 0 bridgehead atoms. The monoisotopic (exact) mass is 366 g/mol. The van der Waals surface area contributed by atoms with E-state index in [0.29, 0.717) is 0 Å². The molecule has 10 heteroatoms. The van der Waals surface area contributed by atoms with E-state index in [-0.39, 0.29) is 22.4 Å². The number of hydrogen-bond acceptors (Lipinski definition) is 5. The molecule has 1 unspecified atom stereocenters. The zero-order valence-electron chi connectivity index (χ0n) is 9.79. The van der Waals surface area contributed by atoms with E-state index in [1.165, 1.54) is 6.07 Å². The number of rotatable bonds is 3. The largest absolute Gasteiger partial charge is 0.478 e. The van der Waals surface area contributed by atoms with Crippen molar-refractivity contribution in [2.75, 3.05) is 11.4 Å². The molecule has 1 N–H and O–H groups in total. The minimum atomic E-state index is -4.81. The molecule has 0 saturated carbocycles. The minimum Gasteiger partial charge on any atom is -0.478 e. The molecule has 0 spiro atoms. The van der Waals surface area contributed by atoms with Crippen molar-refractivity contribution >= 4 is 43.8 Å². The molecule has 0 radical (unpaired) electrons. The standard InChI is InChI=1S/C10H8BrFN2O5S/c11-7-1-5(10(16)17)3-13-9(7)14-4-6(2-8(14)15)20(12,18)19/h1,3,6H,2,4H2,(H,16,17). The highest BCUT2D eigenvalue weighted by molar-refractivity contribution is 9.10. The quantitative estimate of drug-likeness (QED) is 0.798. The van der Waals surface area contributed by atoms with Gasteiger partial charge >= 0.3 is 16.2 Å². The van der Waals surface area contributed by atoms with Crippen molar-refractivity contribution < 1.29 is 27.0 Å². The van der Waals surface area contributed by atoms with Crippen LogP contribution in [0.2, 0.25) is 0 Å². The molecule has 20 heavy (non-hydrogen) atoms. The lowest BCUT2D eigenvalue weighted by Gasteiger charge is -2.16. The van der Waals surface area contributed by atoms with E-state index in [0.717, 1.165) is 11.1 Å². The topological polar surface area (TPSA) is 105 Å². The van der Waals surface area contributed by atoms with Gasteiger partial charge in [-0.3, -0.25) is 9.69 Å². The third-order valence-electron chi connectivity index (χ3n) is 2.81. The van der Waals surface area contributed by atoms with Gasteiger partial charge in [0, 0.05) is 19.2 Å². The molecule has 7 nitrogen and oxygen atoms in total. The molecule has 2 heterocycles. The number of carbonyl (C=O) groups excluding carboxylic acids is 1. The van der Waals surface area contributed by atoms with E-state index in [1.54, 1.807) is 0 Å². The number of carbonyl (C=O) groups is 2. The van der Waals surface area contributed by atoms with Gasteiger partial charge < -0.3 is 5.11 Å². The van der Waals surface area contributed by atoms with Gasteiger partial charge in [-0.2, -0.15) is 8.42 Å². The summed E-state index contributed by atoms with van der Waals surface area (Å²) in [6, 6.07) is 1.23. The maximum Gasteiger partial charge on any atom is 0.337 e. The number of carboxylic acids is 1. The third-order valence-corrected chi connectivity index (χ3v) is 4.51. The van der Waals surface area contributed by atoms with Gasteiger partial charge in [-0.1, -0.05) is 0 Å². The number of anilines is 1. The molecule has 2 rings (SSSR count). The molecule has 1 fully saturated rings. The number of hydrogen-bond donors (Lipinski definition) is 1. The Hall–Kier alpha value is -1.55. The lowest BCUT2D eigenvalue weighted by Crippen LogP contribution is -2.28. The van der Waals surface area contributed by atoms with Gasteiger partial charge in [0.2, 0.25) is 5.91 Å². The number of nitrogens with zero attached hydrogens (tertiary/aromatic N) is 2. The fourth-order valence-electron chi connectivity index (χ4n) is 1.81. The Bertz CT molecular complexity index is 693. The molecular formula is C10H8BrFN2O5S. The van der Waals surface area contributed by atoms with E-state index in [9.17, 15) is 21.9 Å². The Labute approximate surface area is 121 Å². The SMILES string of the molecule is O=C(O)c1cnc(N2CC(S(=O)(=O)F)CC2=O)c(Br)c1. The first-order valence-electron chi connectivity index (χ1n) is 5.33. The average Bonchev–Trinajstić information content (AvgIpc) is 2.71. The first-order chi connectivity index (χ1) is 9.20. The van der Waals surface area contributed by atoms with Crippen LogP contribution in [0.1, 0.15) is 16.8 Å². The van der Waals surface area contributed by atoms with Crippen LogP contribution >= 0.6 is 15.9 Å². The number of halogens is 2. The molecule has 108 valence electrons. The summed E-state index contributed by atoms with van der Waals surface area (Å²) < 4.78 is 34.8. The fourth-order valence-corrected chi connectivity index (χ4v) is 3.05. The van der Waals surface area contributed by atoms with Crippen molar-refractivity contribution in [2.24, 2.45) is 0 Å². The zero-order valence-corrected chi connectivity index (χ0v) is 12.2. The van der Waals surface area contributed by atoms with Gasteiger partial charge in [-0.25, -0.2) is 9.78 Å². The smallest absolute Gasteiger partial charge is 0.337 e. The maximum absolute atomic E-state index is 12.9. The van der Waals surface area contributed by atoms with E-state index in [4.69, 9.17) is 5.11 Å². The number of aromatic carboxylic acids is 1. The van der Waals surface area contributed by atoms with Gasteiger partial charge in [0.1, 0.15) is 11.1 Å². The zero-order chi connectivity index (χ0) is 15.1. The summed E-state index contributed by atoms with van der Waals surface area (Å²) in [5, 5.41) is 7.37. The first-order valence-corrected chi connectivity index (χ1v) is 7.57. The predicted octanol–water partition coefficient (Wildman–Crippen LogP) is 0.947. The normalized spacial score (nSPS) is 19.4. The number of aromatic nitrogens is 1. The molecular weight excluding hydrogens is 359 g/mol. The van der Waals surface area contributed by atoms with Crippen LogP contribution in [0.4, 0.5) is 9.70 Å². The Morgan fingerprint density at radius 3 is 2.65 bits per heavy atom. The molecule has 1 aliphatic heterocycles. The number of carboxylic acid groups (broad SMARTS) is 1. The van der Waals surface area contributed by atoms with Gasteiger partial charge in [-0.05, 0) is 22.0 Å². The molecule has 1 amide bonds. The lowest BCUT2D eigenvalue weighted by atomic mass is 10.3. The first kappa shape index (κ1) is 14.9. The van der Waals surface area contributed by atoms with Crippen LogP contribution in [0.5, 0.6) is 0 Å². The Balaban J connectivity index is 2.33. The van der Waals surface area contributed by atoms with E-state index in [1.807, 2.05) is 0 Å². The molecule has 1 aliphatic rings. The Morgan fingerprint density at radius 1 is 1.55 bits per heavy atom. The Kier molecular flexibility index (Phi) is 3.78. The summed E-state index contributed by atoms with van der Waals surface area (Å²) in [6.07, 6.45) is 0.570. The van der Waals surface area contributed by atoms with E-state index < -0.39 is 33.8 Å². The lowest BCUT2D eigenvalue weighted by molar-refractivity contribution is -0.117. The number of amides is 1. The second kappa shape index (κ2) is 5.09. The van der Waals surface area contributed by atoms with E-state index in [2.05, 4.69) is 20.9 Å². The van der Waals surface area contributed by atoms with Gasteiger partial charge in [0.25, 0.3) is 0 Å². The van der Waals surface area contributed by atoms with Crippen LogP contribution in [0.25, 0.3) is 0 Å². The molecule has 0 aromatic carbocycles. The maximum atomic E-state index is 12.9. The summed E-state index contributed by atoms with van der Waals surface area (Å²) in [6.45, 7) is -0.352. The average molecular weight is 367 g/mol. The molecule has 1 atom stereocenters. The van der Waals surface area contributed by atoms with Gasteiger partial charge in [-0.15, -0.1) is 3.89 Å². The van der Waals surface area contributed by atoms with Crippen LogP contribution < -0.4 is 4.90 Å². The summed E-state index contributed by atoms with van der Waals surface area (Å²) in [7, 11) is -4.81. The van der Waals surface area contributed by atoms with Gasteiger partial charge in [0.05, 0.1) is 10.0 Å². The summed E-state index contributed by atoms with van der Waals surface area (Å²) in [4.78, 5) is 27.3. The second-order valence-corrected chi connectivity index (χ2v) is 6.61. The summed E-state index contributed by atoms with van der Waals surface area (Å²) in [5.74, 6) is -1.72. The van der Waals surface area contributed by atoms with Crippen molar-refractivity contribution in [3.05, 3.63) is 22.3 Å². The summed E-state index contributed by atoms with van der Waals surface area (Å²) >= 11 is 3.06. The highest BCUT2D eigenvalue weighted by Gasteiger charge is 2.40.